The highest BCUT2D eigenvalue weighted by atomic mass is 19.4. The maximum atomic E-state index is 12.6. The van der Waals surface area contributed by atoms with Gasteiger partial charge in [0.05, 0.1) is 0 Å². The van der Waals surface area contributed by atoms with E-state index in [0.29, 0.717) is 12.8 Å². The third-order valence-corrected chi connectivity index (χ3v) is 3.54. The zero-order valence-corrected chi connectivity index (χ0v) is 12.7. The zero-order valence-electron chi connectivity index (χ0n) is 12.7. The predicted molar refractivity (Wildman–Crippen MR) is 71.9 cm³/mol. The average molecular weight is 311 g/mol. The van der Waals surface area contributed by atoms with Gasteiger partial charge in [0, 0.05) is 12.0 Å². The van der Waals surface area contributed by atoms with Gasteiger partial charge in [-0.3, -0.25) is 0 Å². The molecule has 1 aliphatic carbocycles. The minimum Gasteiger partial charge on any atom is -0.444 e. The van der Waals surface area contributed by atoms with E-state index >= 15 is 0 Å². The van der Waals surface area contributed by atoms with Crippen LogP contribution in [0.25, 0.3) is 0 Å². The Bertz CT molecular complexity index is 357. The van der Waals surface area contributed by atoms with Crippen LogP contribution in [0.3, 0.4) is 0 Å². The highest BCUT2D eigenvalue weighted by molar-refractivity contribution is 5.68. The van der Waals surface area contributed by atoms with Crippen molar-refractivity contribution in [2.45, 2.75) is 82.7 Å². The number of amides is 1. The molecule has 0 aliphatic heterocycles. The molecule has 1 aliphatic rings. The summed E-state index contributed by atoms with van der Waals surface area (Å²) in [5.41, 5.74) is -1.77. The molecule has 21 heavy (non-hydrogen) atoms. The van der Waals surface area contributed by atoms with Crippen LogP contribution in [-0.2, 0) is 4.74 Å². The molecule has 1 unspecified atom stereocenters. The lowest BCUT2D eigenvalue weighted by Gasteiger charge is -2.40. The molecule has 1 saturated carbocycles. The van der Waals surface area contributed by atoms with Crippen molar-refractivity contribution in [3.8, 4) is 0 Å². The SMILES string of the molecule is CC(C)(C)OC(=O)NC1(CC(O)C(F)(F)F)CCCCC1. The molecule has 0 aromatic rings. The molecule has 0 radical (unpaired) electrons. The molecule has 1 atom stereocenters. The van der Waals surface area contributed by atoms with Crippen LogP contribution in [0.1, 0.15) is 59.3 Å². The van der Waals surface area contributed by atoms with Gasteiger partial charge < -0.3 is 15.2 Å². The largest absolute Gasteiger partial charge is 0.444 e. The summed E-state index contributed by atoms with van der Waals surface area (Å²) in [6, 6.07) is 0. The van der Waals surface area contributed by atoms with Crippen molar-refractivity contribution in [2.24, 2.45) is 0 Å². The van der Waals surface area contributed by atoms with Gasteiger partial charge in [0.25, 0.3) is 0 Å². The number of ether oxygens (including phenoxy) is 1. The second-order valence-electron chi connectivity index (χ2n) is 6.73. The highest BCUT2D eigenvalue weighted by Crippen LogP contribution is 2.36. The molecule has 4 nitrogen and oxygen atoms in total. The smallest absolute Gasteiger partial charge is 0.414 e. The Balaban J connectivity index is 2.77. The second-order valence-corrected chi connectivity index (χ2v) is 6.73. The summed E-state index contributed by atoms with van der Waals surface area (Å²) in [6.07, 6.45) is -5.20. The Morgan fingerprint density at radius 1 is 1.24 bits per heavy atom. The first-order valence-corrected chi connectivity index (χ1v) is 7.20. The third kappa shape index (κ3) is 6.11. The highest BCUT2D eigenvalue weighted by Gasteiger charge is 2.45. The molecule has 0 bridgehead atoms. The summed E-state index contributed by atoms with van der Waals surface area (Å²) in [7, 11) is 0. The Hall–Kier alpha value is -0.980. The van der Waals surface area contributed by atoms with Crippen molar-refractivity contribution in [3.05, 3.63) is 0 Å². The molecular formula is C14H24F3NO3. The van der Waals surface area contributed by atoms with Crippen molar-refractivity contribution in [1.29, 1.82) is 0 Å². The molecule has 0 saturated heterocycles. The Morgan fingerprint density at radius 3 is 2.19 bits per heavy atom. The van der Waals surface area contributed by atoms with Gasteiger partial charge in [-0.1, -0.05) is 19.3 Å². The van der Waals surface area contributed by atoms with E-state index in [1.165, 1.54) is 0 Å². The summed E-state index contributed by atoms with van der Waals surface area (Å²) in [6.45, 7) is 5.06. The number of aliphatic hydroxyl groups is 1. The fraction of sp³-hybridized carbons (Fsp3) is 0.929. The minimum atomic E-state index is -4.68. The van der Waals surface area contributed by atoms with Crippen LogP contribution in [0.4, 0.5) is 18.0 Å². The van der Waals surface area contributed by atoms with Gasteiger partial charge in [0.1, 0.15) is 5.60 Å². The minimum absolute atomic E-state index is 0.416. The van der Waals surface area contributed by atoms with E-state index < -0.39 is 35.9 Å². The predicted octanol–water partition coefficient (Wildman–Crippen LogP) is 3.53. The number of rotatable bonds is 3. The van der Waals surface area contributed by atoms with E-state index in [-0.39, 0.29) is 0 Å². The van der Waals surface area contributed by atoms with Gasteiger partial charge in [0.15, 0.2) is 6.10 Å². The molecule has 1 fully saturated rings. The number of hydrogen-bond donors (Lipinski definition) is 2. The van der Waals surface area contributed by atoms with Gasteiger partial charge in [-0.25, -0.2) is 4.79 Å². The summed E-state index contributed by atoms with van der Waals surface area (Å²) in [4.78, 5) is 11.9. The lowest BCUT2D eigenvalue weighted by atomic mass is 9.78. The van der Waals surface area contributed by atoms with Crippen LogP contribution in [0.5, 0.6) is 0 Å². The lowest BCUT2D eigenvalue weighted by Crippen LogP contribution is -2.54. The van der Waals surface area contributed by atoms with Crippen LogP contribution in [-0.4, -0.2) is 34.6 Å². The number of alkyl carbamates (subject to hydrolysis) is 1. The average Bonchev–Trinajstić information content (AvgIpc) is 2.25. The molecule has 1 amide bonds. The number of carbonyl (C=O) groups excluding carboxylic acids is 1. The molecule has 0 aromatic heterocycles. The molecule has 7 heteroatoms. The van der Waals surface area contributed by atoms with Gasteiger partial charge in [-0.2, -0.15) is 13.2 Å². The van der Waals surface area contributed by atoms with Gasteiger partial charge in [0.2, 0.25) is 0 Å². The van der Waals surface area contributed by atoms with E-state index in [9.17, 15) is 23.1 Å². The maximum Gasteiger partial charge on any atom is 0.414 e. The third-order valence-electron chi connectivity index (χ3n) is 3.54. The molecule has 0 heterocycles. The van der Waals surface area contributed by atoms with Gasteiger partial charge >= 0.3 is 12.3 Å². The second kappa shape index (κ2) is 6.42. The number of alkyl halides is 3. The van der Waals surface area contributed by atoms with E-state index in [0.717, 1.165) is 19.3 Å². The van der Waals surface area contributed by atoms with E-state index in [2.05, 4.69) is 5.32 Å². The van der Waals surface area contributed by atoms with Crippen molar-refractivity contribution < 1.29 is 27.8 Å². The molecule has 0 spiro atoms. The normalized spacial score (nSPS) is 20.7. The molecule has 2 N–H and O–H groups in total. The zero-order chi connectivity index (χ0) is 16.3. The van der Waals surface area contributed by atoms with E-state index in [1.807, 2.05) is 0 Å². The van der Waals surface area contributed by atoms with E-state index in [1.54, 1.807) is 20.8 Å². The van der Waals surface area contributed by atoms with Crippen molar-refractivity contribution in [2.75, 3.05) is 0 Å². The van der Waals surface area contributed by atoms with Gasteiger partial charge in [-0.05, 0) is 33.6 Å². The molecule has 0 aromatic carbocycles. The topological polar surface area (TPSA) is 58.6 Å². The number of aliphatic hydroxyl groups excluding tert-OH is 1. The van der Waals surface area contributed by atoms with Crippen molar-refractivity contribution >= 4 is 6.09 Å². The number of hydrogen-bond acceptors (Lipinski definition) is 3. The fourth-order valence-electron chi connectivity index (χ4n) is 2.61. The Kier molecular flexibility index (Phi) is 5.52. The standard InChI is InChI=1S/C14H24F3NO3/c1-12(2,3)21-11(20)18-13(7-5-4-6-8-13)9-10(19)14(15,16)17/h10,19H,4-9H2,1-3H3,(H,18,20). The molecule has 124 valence electrons. The monoisotopic (exact) mass is 311 g/mol. The maximum absolute atomic E-state index is 12.6. The van der Waals surface area contributed by atoms with Crippen LogP contribution in [0.2, 0.25) is 0 Å². The molecular weight excluding hydrogens is 287 g/mol. The van der Waals surface area contributed by atoms with Crippen LogP contribution in [0.15, 0.2) is 0 Å². The molecule has 1 rings (SSSR count). The first-order chi connectivity index (χ1) is 9.44. The van der Waals surface area contributed by atoms with Crippen molar-refractivity contribution in [3.63, 3.8) is 0 Å². The van der Waals surface area contributed by atoms with Crippen LogP contribution < -0.4 is 5.32 Å². The summed E-state index contributed by atoms with van der Waals surface area (Å²) in [5.74, 6) is 0. The Labute approximate surface area is 123 Å². The first kappa shape index (κ1) is 18.1. The van der Waals surface area contributed by atoms with Crippen molar-refractivity contribution in [1.82, 2.24) is 5.32 Å². The van der Waals surface area contributed by atoms with Crippen LogP contribution >= 0.6 is 0 Å². The lowest BCUT2D eigenvalue weighted by molar-refractivity contribution is -0.210. The number of nitrogens with one attached hydrogen (secondary N) is 1. The first-order valence-electron chi connectivity index (χ1n) is 7.20. The Morgan fingerprint density at radius 2 is 1.76 bits per heavy atom. The fourth-order valence-corrected chi connectivity index (χ4v) is 2.61. The van der Waals surface area contributed by atoms with E-state index in [4.69, 9.17) is 4.74 Å². The summed E-state index contributed by atoms with van der Waals surface area (Å²) in [5, 5.41) is 11.9. The summed E-state index contributed by atoms with van der Waals surface area (Å²) >= 11 is 0. The quantitative estimate of drug-likeness (QED) is 0.838. The summed E-state index contributed by atoms with van der Waals surface area (Å²) < 4.78 is 42.9. The number of carbonyl (C=O) groups is 1. The van der Waals surface area contributed by atoms with Gasteiger partial charge in [-0.15, -0.1) is 0 Å². The number of halogens is 3. The van der Waals surface area contributed by atoms with Crippen LogP contribution in [0, 0.1) is 0 Å².